The Morgan fingerprint density at radius 2 is 1.73 bits per heavy atom. The minimum Gasteiger partial charge on any atom is -0.406 e. The maximum absolute atomic E-state index is 13.4. The van der Waals surface area contributed by atoms with Crippen LogP contribution in [0.5, 0.6) is 5.75 Å². The van der Waals surface area contributed by atoms with Crippen molar-refractivity contribution >= 4 is 17.0 Å². The second kappa shape index (κ2) is 11.0. The Morgan fingerprint density at radius 1 is 0.975 bits per heavy atom. The normalized spacial score (nSPS) is 21.7. The molecular weight excluding hydrogens is 521 g/mol. The fourth-order valence-electron chi connectivity index (χ4n) is 6.27. The van der Waals surface area contributed by atoms with Crippen LogP contribution in [-0.4, -0.2) is 75.5 Å². The molecule has 6 rings (SSSR count). The van der Waals surface area contributed by atoms with Crippen molar-refractivity contribution in [3.05, 3.63) is 58.5 Å². The third kappa shape index (κ3) is 5.81. The van der Waals surface area contributed by atoms with E-state index in [1.54, 1.807) is 24.4 Å². The van der Waals surface area contributed by atoms with Crippen molar-refractivity contribution in [3.63, 3.8) is 0 Å². The minimum atomic E-state index is -4.67. The third-order valence-corrected chi connectivity index (χ3v) is 8.44. The molecule has 0 spiro atoms. The number of fused-ring (bicyclic) bond motifs is 1. The number of aromatic nitrogens is 3. The molecule has 3 aromatic rings. The van der Waals surface area contributed by atoms with E-state index in [-0.39, 0.29) is 17.4 Å². The lowest BCUT2D eigenvalue weighted by Crippen LogP contribution is -2.59. The summed E-state index contributed by atoms with van der Waals surface area (Å²) < 4.78 is 43.2. The number of piperidine rings is 1. The molecule has 1 aromatic carbocycles. The molecule has 0 N–H and O–H groups in total. The summed E-state index contributed by atoms with van der Waals surface area (Å²) >= 11 is 0. The summed E-state index contributed by atoms with van der Waals surface area (Å²) in [6, 6.07) is 10.9. The van der Waals surface area contributed by atoms with Crippen LogP contribution in [0.25, 0.3) is 11.0 Å². The van der Waals surface area contributed by atoms with Crippen molar-refractivity contribution in [1.29, 1.82) is 0 Å². The largest absolute Gasteiger partial charge is 0.573 e. The van der Waals surface area contributed by atoms with Crippen molar-refractivity contribution in [1.82, 2.24) is 24.3 Å². The number of anilines is 1. The second-order valence-corrected chi connectivity index (χ2v) is 11.1. The molecule has 3 fully saturated rings. The van der Waals surface area contributed by atoms with Gasteiger partial charge in [0.25, 0.3) is 5.56 Å². The van der Waals surface area contributed by atoms with Gasteiger partial charge >= 0.3 is 6.36 Å². The van der Waals surface area contributed by atoms with Crippen LogP contribution in [0.3, 0.4) is 0 Å². The molecule has 1 saturated carbocycles. The van der Waals surface area contributed by atoms with E-state index in [2.05, 4.69) is 31.3 Å². The lowest BCUT2D eigenvalue weighted by atomic mass is 9.98. The highest BCUT2D eigenvalue weighted by molar-refractivity contribution is 5.74. The Hall–Kier alpha value is -3.18. The van der Waals surface area contributed by atoms with E-state index in [4.69, 9.17) is 4.98 Å². The molecule has 3 aliphatic rings. The molecular formula is C29H35F3N6O2. The molecule has 0 radical (unpaired) electrons. The van der Waals surface area contributed by atoms with Crippen molar-refractivity contribution < 1.29 is 17.9 Å². The fourth-order valence-corrected chi connectivity index (χ4v) is 6.27. The molecule has 1 aliphatic carbocycles. The van der Waals surface area contributed by atoms with Gasteiger partial charge in [-0.3, -0.25) is 19.2 Å². The summed E-state index contributed by atoms with van der Waals surface area (Å²) in [7, 11) is 0. The molecule has 40 heavy (non-hydrogen) atoms. The molecule has 1 unspecified atom stereocenters. The smallest absolute Gasteiger partial charge is 0.406 e. The highest BCUT2D eigenvalue weighted by atomic mass is 19.4. The van der Waals surface area contributed by atoms with Crippen LogP contribution < -0.4 is 15.2 Å². The number of hydrogen-bond acceptors (Lipinski definition) is 7. The van der Waals surface area contributed by atoms with Crippen molar-refractivity contribution in [3.8, 4) is 5.75 Å². The number of pyridine rings is 1. The number of nitrogens with zero attached hydrogens (tertiary/aromatic N) is 6. The number of hydrogen-bond donors (Lipinski definition) is 0. The van der Waals surface area contributed by atoms with Gasteiger partial charge in [-0.2, -0.15) is 4.98 Å². The molecule has 8 nitrogen and oxygen atoms in total. The average Bonchev–Trinajstić information content (AvgIpc) is 3.79. The second-order valence-electron chi connectivity index (χ2n) is 11.1. The van der Waals surface area contributed by atoms with Crippen LogP contribution in [0, 0.1) is 0 Å². The zero-order valence-corrected chi connectivity index (χ0v) is 22.7. The Bertz CT molecular complexity index is 1380. The summed E-state index contributed by atoms with van der Waals surface area (Å²) in [5.74, 6) is 0.572. The maximum Gasteiger partial charge on any atom is 0.573 e. The molecule has 1 atom stereocenters. The SMILES string of the molecule is CCC1CN(c2nc3ncccc3c(=O)n2C2CC2)CCN1C1CCN(Cc2ccc(OC(F)(F)F)cc2)CC1. The topological polar surface area (TPSA) is 66.7 Å². The lowest BCUT2D eigenvalue weighted by molar-refractivity contribution is -0.274. The van der Waals surface area contributed by atoms with Crippen molar-refractivity contribution in [2.24, 2.45) is 0 Å². The first-order chi connectivity index (χ1) is 19.3. The van der Waals surface area contributed by atoms with E-state index in [1.807, 2.05) is 10.6 Å². The Labute approximate surface area is 231 Å². The summed E-state index contributed by atoms with van der Waals surface area (Å²) in [4.78, 5) is 29.9. The van der Waals surface area contributed by atoms with E-state index < -0.39 is 6.36 Å². The number of rotatable bonds is 7. The van der Waals surface area contributed by atoms with Crippen LogP contribution in [-0.2, 0) is 6.54 Å². The van der Waals surface area contributed by atoms with Gasteiger partial charge in [-0.15, -0.1) is 13.2 Å². The predicted octanol–water partition coefficient (Wildman–Crippen LogP) is 4.59. The number of halogens is 3. The van der Waals surface area contributed by atoms with E-state index in [1.165, 1.54) is 12.1 Å². The summed E-state index contributed by atoms with van der Waals surface area (Å²) in [5.41, 5.74) is 1.51. The van der Waals surface area contributed by atoms with E-state index in [9.17, 15) is 18.0 Å². The quantitative estimate of drug-likeness (QED) is 0.422. The first kappa shape index (κ1) is 27.0. The van der Waals surface area contributed by atoms with Gasteiger partial charge in [0, 0.05) is 50.5 Å². The third-order valence-electron chi connectivity index (χ3n) is 8.44. The van der Waals surface area contributed by atoms with Gasteiger partial charge in [-0.1, -0.05) is 19.1 Å². The monoisotopic (exact) mass is 556 g/mol. The molecule has 0 bridgehead atoms. The molecule has 2 aromatic heterocycles. The molecule has 214 valence electrons. The number of benzene rings is 1. The van der Waals surface area contributed by atoms with Gasteiger partial charge in [0.05, 0.1) is 5.39 Å². The zero-order valence-electron chi connectivity index (χ0n) is 22.7. The molecule has 0 amide bonds. The summed E-state index contributed by atoms with van der Waals surface area (Å²) in [6.07, 6.45) is 2.17. The van der Waals surface area contributed by atoms with E-state index in [0.717, 1.165) is 76.3 Å². The predicted molar refractivity (Wildman–Crippen MR) is 146 cm³/mol. The number of likely N-dealkylation sites (tertiary alicyclic amines) is 1. The highest BCUT2D eigenvalue weighted by Gasteiger charge is 2.37. The van der Waals surface area contributed by atoms with Gasteiger partial charge in [0.1, 0.15) is 5.75 Å². The van der Waals surface area contributed by atoms with E-state index in [0.29, 0.717) is 29.7 Å². The Balaban J connectivity index is 1.08. The molecule has 4 heterocycles. The van der Waals surface area contributed by atoms with Gasteiger partial charge in [-0.25, -0.2) is 4.98 Å². The van der Waals surface area contributed by atoms with Gasteiger partial charge in [-0.05, 0) is 75.0 Å². The molecule has 11 heteroatoms. The maximum atomic E-state index is 13.4. The summed E-state index contributed by atoms with van der Waals surface area (Å²) in [6.45, 7) is 7.41. The minimum absolute atomic E-state index is 0.0148. The van der Waals surface area contributed by atoms with Gasteiger partial charge in [0.2, 0.25) is 5.95 Å². The molecule has 2 aliphatic heterocycles. The van der Waals surface area contributed by atoms with Crippen molar-refractivity contribution in [2.75, 3.05) is 37.6 Å². The number of ether oxygens (including phenoxy) is 1. The molecule has 2 saturated heterocycles. The van der Waals surface area contributed by atoms with E-state index >= 15 is 0 Å². The Morgan fingerprint density at radius 3 is 2.40 bits per heavy atom. The van der Waals surface area contributed by atoms with Crippen LogP contribution in [0.15, 0.2) is 47.4 Å². The number of alkyl halides is 3. The first-order valence-electron chi connectivity index (χ1n) is 14.2. The van der Waals surface area contributed by atoms with Crippen LogP contribution in [0.2, 0.25) is 0 Å². The Kier molecular flexibility index (Phi) is 7.43. The van der Waals surface area contributed by atoms with Crippen LogP contribution in [0.1, 0.15) is 50.6 Å². The van der Waals surface area contributed by atoms with Crippen molar-refractivity contribution in [2.45, 2.75) is 70.1 Å². The average molecular weight is 557 g/mol. The zero-order chi connectivity index (χ0) is 27.9. The van der Waals surface area contributed by atoms with Crippen LogP contribution in [0.4, 0.5) is 19.1 Å². The first-order valence-corrected chi connectivity index (χ1v) is 14.2. The van der Waals surface area contributed by atoms with Gasteiger partial charge in [0.15, 0.2) is 5.65 Å². The summed E-state index contributed by atoms with van der Waals surface area (Å²) in [5, 5.41) is 0.584. The number of piperazine rings is 1. The van der Waals surface area contributed by atoms with Gasteiger partial charge < -0.3 is 9.64 Å². The lowest BCUT2D eigenvalue weighted by Gasteiger charge is -2.47. The standard InChI is InChI=1S/C29H35F3N6O2/c1-2-21-19-36(28-34-26-25(4-3-13-33-26)27(39)38(28)23-7-8-23)16-17-37(21)22-11-14-35(15-12-22)18-20-5-9-24(10-6-20)40-29(30,31)32/h3-6,9-10,13,21-23H,2,7-8,11-12,14-19H2,1H3. The fraction of sp³-hybridized carbons (Fsp3) is 0.552. The van der Waals surface area contributed by atoms with Crippen LogP contribution >= 0.6 is 0 Å². The highest BCUT2D eigenvalue weighted by Crippen LogP contribution is 2.37.